The molecule has 1 amide bonds. The molecule has 3 aromatic rings. The minimum absolute atomic E-state index is 0.161. The number of hydrogen-bond donors (Lipinski definition) is 0. The van der Waals surface area contributed by atoms with Crippen LogP contribution in [-0.4, -0.2) is 40.1 Å². The maximum atomic E-state index is 12.8. The van der Waals surface area contributed by atoms with E-state index >= 15 is 0 Å². The van der Waals surface area contributed by atoms with E-state index < -0.39 is 0 Å². The fourth-order valence-corrected chi connectivity index (χ4v) is 4.96. The molecule has 1 aliphatic heterocycles. The third-order valence-electron chi connectivity index (χ3n) is 6.47. The fourth-order valence-electron chi connectivity index (χ4n) is 4.96. The van der Waals surface area contributed by atoms with Gasteiger partial charge in [0.1, 0.15) is 11.6 Å². The summed E-state index contributed by atoms with van der Waals surface area (Å²) in [6.45, 7) is 1.55. The summed E-state index contributed by atoms with van der Waals surface area (Å²) in [5.74, 6) is 2.35. The zero-order chi connectivity index (χ0) is 19.8. The summed E-state index contributed by atoms with van der Waals surface area (Å²) in [5, 5.41) is 0. The first-order valence-corrected chi connectivity index (χ1v) is 10.6. The van der Waals surface area contributed by atoms with Gasteiger partial charge in [-0.2, -0.15) is 0 Å². The van der Waals surface area contributed by atoms with Crippen LogP contribution in [0.25, 0.3) is 11.0 Å². The number of methoxy groups -OCH3 is 1. The van der Waals surface area contributed by atoms with Crippen molar-refractivity contribution in [3.05, 3.63) is 59.9 Å². The van der Waals surface area contributed by atoms with Crippen molar-refractivity contribution in [1.82, 2.24) is 14.5 Å². The van der Waals surface area contributed by atoms with Gasteiger partial charge in [-0.05, 0) is 42.7 Å². The van der Waals surface area contributed by atoms with Crippen LogP contribution in [0.4, 0.5) is 0 Å². The third kappa shape index (κ3) is 3.39. The van der Waals surface area contributed by atoms with Gasteiger partial charge in [-0.1, -0.05) is 37.1 Å². The van der Waals surface area contributed by atoms with Crippen molar-refractivity contribution < 1.29 is 9.53 Å². The van der Waals surface area contributed by atoms with E-state index in [1.807, 2.05) is 18.2 Å². The van der Waals surface area contributed by atoms with E-state index in [1.54, 1.807) is 7.11 Å². The second kappa shape index (κ2) is 7.54. The summed E-state index contributed by atoms with van der Waals surface area (Å²) in [4.78, 5) is 19.9. The highest BCUT2D eigenvalue weighted by Crippen LogP contribution is 2.35. The van der Waals surface area contributed by atoms with E-state index in [0.29, 0.717) is 18.4 Å². The van der Waals surface area contributed by atoms with Crippen LogP contribution in [-0.2, 0) is 11.3 Å². The predicted octanol–water partition coefficient (Wildman–Crippen LogP) is 4.35. The highest BCUT2D eigenvalue weighted by atomic mass is 16.5. The number of amides is 1. The van der Waals surface area contributed by atoms with E-state index in [4.69, 9.17) is 9.72 Å². The van der Waals surface area contributed by atoms with Crippen molar-refractivity contribution >= 4 is 16.9 Å². The van der Waals surface area contributed by atoms with Crippen molar-refractivity contribution in [3.8, 4) is 5.75 Å². The topological polar surface area (TPSA) is 47.4 Å². The SMILES string of the molecule is COc1ccc(Cn2c(C3CC(=O)N(C4CCCC4)C3)nc3ccccc32)cc1. The lowest BCUT2D eigenvalue weighted by molar-refractivity contribution is -0.129. The van der Waals surface area contributed by atoms with E-state index in [0.717, 1.165) is 48.5 Å². The van der Waals surface area contributed by atoms with E-state index in [-0.39, 0.29) is 5.92 Å². The van der Waals surface area contributed by atoms with E-state index in [2.05, 4.69) is 39.8 Å². The average molecular weight is 389 g/mol. The number of rotatable bonds is 5. The molecule has 1 saturated carbocycles. The highest BCUT2D eigenvalue weighted by Gasteiger charge is 2.38. The molecule has 150 valence electrons. The van der Waals surface area contributed by atoms with Gasteiger partial charge in [0, 0.05) is 31.5 Å². The van der Waals surface area contributed by atoms with Gasteiger partial charge in [-0.3, -0.25) is 4.79 Å². The average Bonchev–Trinajstić information content (AvgIpc) is 3.48. The molecule has 0 N–H and O–H groups in total. The second-order valence-corrected chi connectivity index (χ2v) is 8.28. The fraction of sp³-hybridized carbons (Fsp3) is 0.417. The van der Waals surface area contributed by atoms with Crippen molar-refractivity contribution in [2.24, 2.45) is 0 Å². The Balaban J connectivity index is 1.48. The highest BCUT2D eigenvalue weighted by molar-refractivity contribution is 5.81. The molecule has 2 aliphatic rings. The van der Waals surface area contributed by atoms with Crippen molar-refractivity contribution in [2.75, 3.05) is 13.7 Å². The molecule has 1 aromatic heterocycles. The number of nitrogens with zero attached hydrogens (tertiary/aromatic N) is 3. The maximum absolute atomic E-state index is 12.8. The maximum Gasteiger partial charge on any atom is 0.223 e. The Kier molecular flexibility index (Phi) is 4.74. The summed E-state index contributed by atoms with van der Waals surface area (Å²) in [6, 6.07) is 16.9. The molecule has 1 unspecified atom stereocenters. The zero-order valence-corrected chi connectivity index (χ0v) is 16.9. The van der Waals surface area contributed by atoms with Crippen molar-refractivity contribution in [2.45, 2.75) is 50.6 Å². The van der Waals surface area contributed by atoms with Gasteiger partial charge in [0.2, 0.25) is 5.91 Å². The van der Waals surface area contributed by atoms with Crippen LogP contribution in [0.15, 0.2) is 48.5 Å². The Bertz CT molecular complexity index is 1020. The Morgan fingerprint density at radius 1 is 1.07 bits per heavy atom. The predicted molar refractivity (Wildman–Crippen MR) is 113 cm³/mol. The minimum atomic E-state index is 0.161. The van der Waals surface area contributed by atoms with Gasteiger partial charge >= 0.3 is 0 Å². The largest absolute Gasteiger partial charge is 0.497 e. The summed E-state index contributed by atoms with van der Waals surface area (Å²) >= 11 is 0. The molecule has 2 fully saturated rings. The first-order chi connectivity index (χ1) is 14.2. The Hall–Kier alpha value is -2.82. The second-order valence-electron chi connectivity index (χ2n) is 8.28. The third-order valence-corrected chi connectivity index (χ3v) is 6.47. The number of ether oxygens (including phenoxy) is 1. The van der Waals surface area contributed by atoms with Crippen LogP contribution in [0.5, 0.6) is 5.75 Å². The monoisotopic (exact) mass is 389 g/mol. The quantitative estimate of drug-likeness (QED) is 0.652. The number of aromatic nitrogens is 2. The number of hydrogen-bond acceptors (Lipinski definition) is 3. The van der Waals surface area contributed by atoms with Crippen LogP contribution in [0.1, 0.15) is 49.4 Å². The zero-order valence-electron chi connectivity index (χ0n) is 16.9. The van der Waals surface area contributed by atoms with Gasteiger partial charge in [-0.15, -0.1) is 0 Å². The molecular weight excluding hydrogens is 362 g/mol. The summed E-state index contributed by atoms with van der Waals surface area (Å²) in [7, 11) is 1.68. The molecule has 2 aromatic carbocycles. The first-order valence-electron chi connectivity index (χ1n) is 10.6. The number of para-hydroxylation sites is 2. The molecule has 2 heterocycles. The van der Waals surface area contributed by atoms with Crippen LogP contribution in [0.3, 0.4) is 0 Å². The Labute approximate surface area is 171 Å². The Morgan fingerprint density at radius 3 is 2.59 bits per heavy atom. The number of likely N-dealkylation sites (tertiary alicyclic amines) is 1. The smallest absolute Gasteiger partial charge is 0.223 e. The van der Waals surface area contributed by atoms with Gasteiger partial charge in [-0.25, -0.2) is 4.98 Å². The number of carbonyl (C=O) groups excluding carboxylic acids is 1. The van der Waals surface area contributed by atoms with Gasteiger partial charge in [0.05, 0.1) is 18.1 Å². The molecule has 0 spiro atoms. The number of benzene rings is 2. The lowest BCUT2D eigenvalue weighted by Crippen LogP contribution is -2.34. The molecule has 5 rings (SSSR count). The Morgan fingerprint density at radius 2 is 1.83 bits per heavy atom. The number of fused-ring (bicyclic) bond motifs is 1. The lowest BCUT2D eigenvalue weighted by atomic mass is 10.1. The summed E-state index contributed by atoms with van der Waals surface area (Å²) < 4.78 is 7.59. The van der Waals surface area contributed by atoms with Gasteiger partial charge in [0.15, 0.2) is 0 Å². The summed E-state index contributed by atoms with van der Waals surface area (Å²) in [6.07, 6.45) is 5.37. The normalized spacial score (nSPS) is 20.1. The number of carbonyl (C=O) groups is 1. The van der Waals surface area contributed by atoms with Gasteiger partial charge in [0.25, 0.3) is 0 Å². The molecule has 1 saturated heterocycles. The molecule has 1 atom stereocenters. The molecule has 29 heavy (non-hydrogen) atoms. The summed E-state index contributed by atoms with van der Waals surface area (Å²) in [5.41, 5.74) is 3.33. The van der Waals surface area contributed by atoms with E-state index in [9.17, 15) is 4.79 Å². The van der Waals surface area contributed by atoms with Crippen LogP contribution in [0, 0.1) is 0 Å². The van der Waals surface area contributed by atoms with Crippen molar-refractivity contribution in [3.63, 3.8) is 0 Å². The standard InChI is InChI=1S/C24H27N3O2/c1-29-20-12-10-17(11-13-20)15-27-22-9-5-4-8-21(22)25-24(27)18-14-23(28)26(16-18)19-6-2-3-7-19/h4-5,8-13,18-19H,2-3,6-7,14-16H2,1H3. The molecular formula is C24H27N3O2. The van der Waals surface area contributed by atoms with Crippen LogP contribution in [0.2, 0.25) is 0 Å². The van der Waals surface area contributed by atoms with Gasteiger partial charge < -0.3 is 14.2 Å². The minimum Gasteiger partial charge on any atom is -0.497 e. The first kappa shape index (κ1) is 18.2. The van der Waals surface area contributed by atoms with Crippen LogP contribution >= 0.6 is 0 Å². The number of imidazole rings is 1. The lowest BCUT2D eigenvalue weighted by Gasteiger charge is -2.24. The molecule has 0 radical (unpaired) electrons. The molecule has 5 heteroatoms. The molecule has 1 aliphatic carbocycles. The van der Waals surface area contributed by atoms with E-state index in [1.165, 1.54) is 18.4 Å². The van der Waals surface area contributed by atoms with Crippen LogP contribution < -0.4 is 4.74 Å². The molecule has 5 nitrogen and oxygen atoms in total. The molecule has 0 bridgehead atoms. The van der Waals surface area contributed by atoms with Crippen molar-refractivity contribution in [1.29, 1.82) is 0 Å².